The molecule has 3 rings (SSSR count). The molecule has 7 heteroatoms. The van der Waals surface area contributed by atoms with E-state index in [0.717, 1.165) is 32.4 Å². The molecular weight excluding hydrogens is 334 g/mol. The number of rotatable bonds is 7. The fraction of sp³-hybridized carbons (Fsp3) is 0.632. The van der Waals surface area contributed by atoms with Gasteiger partial charge in [0.2, 0.25) is 0 Å². The van der Waals surface area contributed by atoms with Crippen LogP contribution in [-0.2, 0) is 0 Å². The number of amides is 1. The molecule has 0 radical (unpaired) electrons. The summed E-state index contributed by atoms with van der Waals surface area (Å²) in [5.41, 5.74) is 5.99. The quantitative estimate of drug-likeness (QED) is 0.694. The van der Waals surface area contributed by atoms with E-state index in [0.29, 0.717) is 43.3 Å². The summed E-state index contributed by atoms with van der Waals surface area (Å²) in [6.07, 6.45) is 2.53. The standard InChI is InChI=1S/C19H29N3O4/c1-25-14-5-6-18(26-10-4-7-20)15(11-14)19(24)22-12-16(17(23)13-22)21-8-2-3-9-21/h5-6,11,16-17,23H,2-4,7-10,12-13,20H2,1H3/t16-,17-/m0/s1. The monoisotopic (exact) mass is 363 g/mol. The van der Waals surface area contributed by atoms with Crippen LogP contribution in [0.4, 0.5) is 0 Å². The van der Waals surface area contributed by atoms with Crippen LogP contribution in [0, 0.1) is 0 Å². The molecule has 0 spiro atoms. The maximum absolute atomic E-state index is 13.1. The molecule has 0 saturated carbocycles. The van der Waals surface area contributed by atoms with Crippen molar-refractivity contribution >= 4 is 5.91 Å². The van der Waals surface area contributed by atoms with E-state index in [2.05, 4.69) is 4.90 Å². The number of aliphatic hydroxyl groups is 1. The molecule has 0 aromatic heterocycles. The van der Waals surface area contributed by atoms with E-state index < -0.39 is 6.10 Å². The highest BCUT2D eigenvalue weighted by molar-refractivity contribution is 5.97. The van der Waals surface area contributed by atoms with Crippen LogP contribution < -0.4 is 15.2 Å². The van der Waals surface area contributed by atoms with Crippen molar-refractivity contribution in [3.63, 3.8) is 0 Å². The molecule has 0 aliphatic carbocycles. The minimum absolute atomic E-state index is 0.0219. The van der Waals surface area contributed by atoms with Gasteiger partial charge in [-0.15, -0.1) is 0 Å². The van der Waals surface area contributed by atoms with Gasteiger partial charge in [-0.25, -0.2) is 0 Å². The molecule has 2 fully saturated rings. The van der Waals surface area contributed by atoms with Gasteiger partial charge in [0.1, 0.15) is 11.5 Å². The van der Waals surface area contributed by atoms with E-state index in [1.54, 1.807) is 30.2 Å². The van der Waals surface area contributed by atoms with Gasteiger partial charge >= 0.3 is 0 Å². The van der Waals surface area contributed by atoms with Crippen molar-refractivity contribution in [1.82, 2.24) is 9.80 Å². The highest BCUT2D eigenvalue weighted by atomic mass is 16.5. The van der Waals surface area contributed by atoms with Crippen LogP contribution in [0.5, 0.6) is 11.5 Å². The summed E-state index contributed by atoms with van der Waals surface area (Å²) >= 11 is 0. The minimum Gasteiger partial charge on any atom is -0.497 e. The Labute approximate surface area is 154 Å². The van der Waals surface area contributed by atoms with Crippen LogP contribution in [0.25, 0.3) is 0 Å². The molecule has 2 saturated heterocycles. The Kier molecular flexibility index (Phi) is 6.34. The number of methoxy groups -OCH3 is 1. The van der Waals surface area contributed by atoms with Crippen LogP contribution in [0.3, 0.4) is 0 Å². The Balaban J connectivity index is 1.75. The van der Waals surface area contributed by atoms with E-state index in [4.69, 9.17) is 15.2 Å². The molecule has 2 aliphatic rings. The summed E-state index contributed by atoms with van der Waals surface area (Å²) in [4.78, 5) is 17.1. The second-order valence-corrected chi connectivity index (χ2v) is 6.94. The summed E-state index contributed by atoms with van der Waals surface area (Å²) in [5.74, 6) is 1.01. The van der Waals surface area contributed by atoms with E-state index in [1.807, 2.05) is 0 Å². The molecule has 0 unspecified atom stereocenters. The van der Waals surface area contributed by atoms with Crippen LogP contribution in [-0.4, -0.2) is 79.4 Å². The maximum Gasteiger partial charge on any atom is 0.257 e. The SMILES string of the molecule is COc1ccc(OCCCN)c(C(=O)N2C[C@H](O)[C@@H](N3CCCC3)C2)c1. The van der Waals surface area contributed by atoms with Crippen molar-refractivity contribution in [3.05, 3.63) is 23.8 Å². The van der Waals surface area contributed by atoms with Crippen molar-refractivity contribution in [2.24, 2.45) is 5.73 Å². The molecule has 3 N–H and O–H groups in total. The van der Waals surface area contributed by atoms with Crippen molar-refractivity contribution in [2.45, 2.75) is 31.4 Å². The second kappa shape index (κ2) is 8.70. The number of nitrogens with two attached hydrogens (primary N) is 1. The second-order valence-electron chi connectivity index (χ2n) is 6.94. The Morgan fingerprint density at radius 2 is 2.08 bits per heavy atom. The Morgan fingerprint density at radius 1 is 1.31 bits per heavy atom. The fourth-order valence-corrected chi connectivity index (χ4v) is 3.73. The fourth-order valence-electron chi connectivity index (χ4n) is 3.73. The lowest BCUT2D eigenvalue weighted by Crippen LogP contribution is -2.41. The van der Waals surface area contributed by atoms with Crippen LogP contribution in [0.1, 0.15) is 29.6 Å². The molecule has 1 aromatic carbocycles. The first-order chi connectivity index (χ1) is 12.6. The smallest absolute Gasteiger partial charge is 0.257 e. The number of hydrogen-bond donors (Lipinski definition) is 2. The van der Waals surface area contributed by atoms with Gasteiger partial charge in [-0.2, -0.15) is 0 Å². The topological polar surface area (TPSA) is 88.3 Å². The average Bonchev–Trinajstić information content (AvgIpc) is 3.31. The lowest BCUT2D eigenvalue weighted by atomic mass is 10.1. The summed E-state index contributed by atoms with van der Waals surface area (Å²) in [7, 11) is 1.57. The number of β-amino-alcohol motifs (C(OH)–C–C–N with tert-alkyl or cyclic N) is 1. The third-order valence-corrected chi connectivity index (χ3v) is 5.18. The zero-order chi connectivity index (χ0) is 18.5. The van der Waals surface area contributed by atoms with E-state index in [1.165, 1.54) is 0 Å². The zero-order valence-corrected chi connectivity index (χ0v) is 15.4. The van der Waals surface area contributed by atoms with Gasteiger partial charge in [0.05, 0.1) is 31.4 Å². The van der Waals surface area contributed by atoms with Gasteiger partial charge in [-0.1, -0.05) is 0 Å². The maximum atomic E-state index is 13.1. The highest BCUT2D eigenvalue weighted by Gasteiger charge is 2.39. The van der Waals surface area contributed by atoms with E-state index in [9.17, 15) is 9.90 Å². The number of benzene rings is 1. The molecule has 2 atom stereocenters. The number of aliphatic hydroxyl groups excluding tert-OH is 1. The lowest BCUT2D eigenvalue weighted by molar-refractivity contribution is 0.0758. The summed E-state index contributed by atoms with van der Waals surface area (Å²) < 4.78 is 11.0. The Bertz CT molecular complexity index is 619. The van der Waals surface area contributed by atoms with Crippen LogP contribution in [0.2, 0.25) is 0 Å². The van der Waals surface area contributed by atoms with Gasteiger partial charge in [0.15, 0.2) is 0 Å². The predicted octanol–water partition coefficient (Wildman–Crippen LogP) is 0.704. The van der Waals surface area contributed by atoms with Gasteiger partial charge in [0.25, 0.3) is 5.91 Å². The number of likely N-dealkylation sites (tertiary alicyclic amines) is 2. The van der Waals surface area contributed by atoms with Crippen molar-refractivity contribution < 1.29 is 19.4 Å². The minimum atomic E-state index is -0.510. The van der Waals surface area contributed by atoms with Crippen molar-refractivity contribution in [2.75, 3.05) is 46.4 Å². The largest absolute Gasteiger partial charge is 0.497 e. The number of nitrogens with zero attached hydrogens (tertiary/aromatic N) is 2. The molecule has 26 heavy (non-hydrogen) atoms. The Hall–Kier alpha value is -1.83. The average molecular weight is 363 g/mol. The zero-order valence-electron chi connectivity index (χ0n) is 15.4. The molecule has 1 aromatic rings. The normalized spacial score (nSPS) is 23.4. The number of hydrogen-bond acceptors (Lipinski definition) is 6. The molecule has 2 aliphatic heterocycles. The number of carbonyl (C=O) groups is 1. The lowest BCUT2D eigenvalue weighted by Gasteiger charge is -2.25. The third-order valence-electron chi connectivity index (χ3n) is 5.18. The summed E-state index contributed by atoms with van der Waals surface area (Å²) in [6, 6.07) is 5.26. The van der Waals surface area contributed by atoms with Gasteiger partial charge < -0.3 is 25.2 Å². The van der Waals surface area contributed by atoms with E-state index in [-0.39, 0.29) is 11.9 Å². The van der Waals surface area contributed by atoms with Gasteiger partial charge in [-0.3, -0.25) is 9.69 Å². The molecule has 144 valence electrons. The predicted molar refractivity (Wildman–Crippen MR) is 98.7 cm³/mol. The van der Waals surface area contributed by atoms with Gasteiger partial charge in [-0.05, 0) is 57.1 Å². The first-order valence-corrected chi connectivity index (χ1v) is 9.36. The molecule has 2 heterocycles. The summed E-state index contributed by atoms with van der Waals surface area (Å²) in [6.45, 7) is 3.88. The number of carbonyl (C=O) groups excluding carboxylic acids is 1. The van der Waals surface area contributed by atoms with E-state index >= 15 is 0 Å². The highest BCUT2D eigenvalue weighted by Crippen LogP contribution is 2.28. The third kappa shape index (κ3) is 4.11. The van der Waals surface area contributed by atoms with Crippen LogP contribution in [0.15, 0.2) is 18.2 Å². The molecule has 0 bridgehead atoms. The number of ether oxygens (including phenoxy) is 2. The Morgan fingerprint density at radius 3 is 2.77 bits per heavy atom. The van der Waals surface area contributed by atoms with Crippen LogP contribution >= 0.6 is 0 Å². The van der Waals surface area contributed by atoms with Gasteiger partial charge in [0, 0.05) is 13.1 Å². The first-order valence-electron chi connectivity index (χ1n) is 9.36. The van der Waals surface area contributed by atoms with Crippen molar-refractivity contribution in [1.29, 1.82) is 0 Å². The molecule has 7 nitrogen and oxygen atoms in total. The first kappa shape index (κ1) is 18.9. The van der Waals surface area contributed by atoms with Crippen molar-refractivity contribution in [3.8, 4) is 11.5 Å². The summed E-state index contributed by atoms with van der Waals surface area (Å²) in [5, 5.41) is 10.5. The molecular formula is C19H29N3O4. The molecule has 1 amide bonds.